The van der Waals surface area contributed by atoms with Crippen LogP contribution in [0.15, 0.2) is 33.6 Å². The Kier molecular flexibility index (Phi) is 5.97. The van der Waals surface area contributed by atoms with Gasteiger partial charge in [-0.1, -0.05) is 4.68 Å². The Morgan fingerprint density at radius 1 is 1.34 bits per heavy atom. The van der Waals surface area contributed by atoms with Gasteiger partial charge in [-0.05, 0) is 48.7 Å². The molecule has 1 aliphatic heterocycles. The zero-order valence-corrected chi connectivity index (χ0v) is 17.1. The number of ether oxygens (including phenoxy) is 1. The van der Waals surface area contributed by atoms with Gasteiger partial charge < -0.3 is 15.0 Å². The van der Waals surface area contributed by atoms with Gasteiger partial charge in [-0.3, -0.25) is 19.0 Å². The second-order valence-electron chi connectivity index (χ2n) is 6.48. The number of likely N-dealkylation sites (N-methyl/N-ethyl adjacent to an activating group) is 1. The number of aromatic amines is 1. The molecule has 154 valence electrons. The largest absolute Gasteiger partial charge is 0.497 e. The number of anilines is 1. The van der Waals surface area contributed by atoms with E-state index in [1.165, 1.54) is 9.58 Å². The molecule has 1 aromatic heterocycles. The third-order valence-electron chi connectivity index (χ3n) is 4.71. The van der Waals surface area contributed by atoms with Crippen LogP contribution in [-0.4, -0.2) is 51.7 Å². The van der Waals surface area contributed by atoms with Gasteiger partial charge in [-0.25, -0.2) is 4.79 Å². The van der Waals surface area contributed by atoms with E-state index in [1.807, 2.05) is 0 Å². The molecule has 3 rings (SSSR count). The molecule has 2 amide bonds. The van der Waals surface area contributed by atoms with Crippen molar-refractivity contribution in [2.45, 2.75) is 25.9 Å². The Morgan fingerprint density at radius 2 is 2.03 bits per heavy atom. The Labute approximate surface area is 172 Å². The van der Waals surface area contributed by atoms with Gasteiger partial charge in [0.25, 0.3) is 5.91 Å². The molecule has 0 spiro atoms. The number of aromatic nitrogens is 2. The van der Waals surface area contributed by atoms with Gasteiger partial charge in [0.2, 0.25) is 5.91 Å². The van der Waals surface area contributed by atoms with E-state index in [1.54, 1.807) is 50.2 Å². The summed E-state index contributed by atoms with van der Waals surface area (Å²) in [6.07, 6.45) is -0.110. The summed E-state index contributed by atoms with van der Waals surface area (Å²) in [6, 6.07) is 6.05. The van der Waals surface area contributed by atoms with E-state index >= 15 is 0 Å². The molecule has 2 N–H and O–H groups in total. The Morgan fingerprint density at radius 3 is 2.59 bits per heavy atom. The summed E-state index contributed by atoms with van der Waals surface area (Å²) in [7, 11) is 3.17. The molecule has 2 heterocycles. The topological polar surface area (TPSA) is 112 Å². The van der Waals surface area contributed by atoms with Gasteiger partial charge in [-0.15, -0.1) is 0 Å². The molecule has 1 fully saturated rings. The lowest BCUT2D eigenvalue weighted by Gasteiger charge is -2.21. The number of hydrogen-bond donors (Lipinski definition) is 2. The first kappa shape index (κ1) is 20.5. The van der Waals surface area contributed by atoms with E-state index in [4.69, 9.17) is 21.5 Å². The van der Waals surface area contributed by atoms with E-state index in [9.17, 15) is 14.4 Å². The van der Waals surface area contributed by atoms with Gasteiger partial charge in [0.1, 0.15) is 18.3 Å². The average Bonchev–Trinajstić information content (AvgIpc) is 3.13. The highest BCUT2D eigenvalue weighted by Gasteiger charge is 2.44. The fraction of sp³-hybridized carbons (Fsp3) is 0.389. The van der Waals surface area contributed by atoms with E-state index in [2.05, 4.69) is 10.6 Å². The van der Waals surface area contributed by atoms with Gasteiger partial charge in [0, 0.05) is 12.2 Å². The Bertz CT molecular complexity index is 983. The molecule has 1 saturated heterocycles. The second kappa shape index (κ2) is 8.43. The van der Waals surface area contributed by atoms with E-state index < -0.39 is 11.7 Å². The Hall–Kier alpha value is -3.21. The second-order valence-corrected chi connectivity index (χ2v) is 6.84. The molecule has 0 saturated carbocycles. The van der Waals surface area contributed by atoms with Crippen LogP contribution in [0.2, 0.25) is 0 Å². The maximum atomic E-state index is 12.8. The van der Waals surface area contributed by atoms with E-state index in [-0.39, 0.29) is 29.9 Å². The molecule has 0 aliphatic carbocycles. The van der Waals surface area contributed by atoms with Crippen molar-refractivity contribution in [1.29, 1.82) is 0 Å². The number of thiocarbonyl (C=S) groups is 1. The molecular weight excluding hydrogens is 398 g/mol. The highest BCUT2D eigenvalue weighted by Crippen LogP contribution is 2.23. The first-order valence-electron chi connectivity index (χ1n) is 8.98. The molecule has 1 unspecified atom stereocenters. The lowest BCUT2D eigenvalue weighted by molar-refractivity contribution is -0.746. The van der Waals surface area contributed by atoms with Crippen LogP contribution in [0.1, 0.15) is 19.0 Å². The summed E-state index contributed by atoms with van der Waals surface area (Å²) >= 11 is 5.42. The van der Waals surface area contributed by atoms with Crippen molar-refractivity contribution >= 4 is 34.8 Å². The molecule has 1 aliphatic rings. The standard InChI is InChI=1S/C18H21N5O5S/c1-4-22-16(25)13(9-15(24)19-11-5-7-12(27-3)8-6-11)23(18(22)29)10-14-17(26)28-20-21(14)2/h5-8,13H,4,9-10H2,1-3H3,(H-,19,20,24,26)/p+1. The monoisotopic (exact) mass is 420 g/mol. The van der Waals surface area contributed by atoms with Gasteiger partial charge in [-0.2, -0.15) is 0 Å². The fourth-order valence-electron chi connectivity index (χ4n) is 3.12. The number of methoxy groups -OCH3 is 1. The van der Waals surface area contributed by atoms with Gasteiger partial charge in [0.05, 0.1) is 13.5 Å². The van der Waals surface area contributed by atoms with Crippen LogP contribution >= 0.6 is 12.2 Å². The predicted octanol–water partition coefficient (Wildman–Crippen LogP) is 0.147. The van der Waals surface area contributed by atoms with Crippen molar-refractivity contribution in [3.05, 3.63) is 40.4 Å². The number of amides is 2. The SMILES string of the molecule is CCN1C(=O)C(CC(=O)Nc2ccc(OC)cc2)N(Cc2c(=O)o[nH][n+]2C)C1=S. The smallest absolute Gasteiger partial charge is 0.431 e. The molecule has 0 radical (unpaired) electrons. The first-order chi connectivity index (χ1) is 13.8. The zero-order chi connectivity index (χ0) is 21.1. The summed E-state index contributed by atoms with van der Waals surface area (Å²) < 4.78 is 11.3. The fourth-order valence-corrected chi connectivity index (χ4v) is 3.53. The van der Waals surface area contributed by atoms with Crippen LogP contribution < -0.4 is 20.4 Å². The maximum Gasteiger partial charge on any atom is 0.431 e. The number of hydrogen-bond acceptors (Lipinski definition) is 6. The summed E-state index contributed by atoms with van der Waals surface area (Å²) in [5, 5.41) is 5.47. The van der Waals surface area contributed by atoms with Crippen molar-refractivity contribution in [3.63, 3.8) is 0 Å². The van der Waals surface area contributed by atoms with Crippen LogP contribution in [0.3, 0.4) is 0 Å². The first-order valence-corrected chi connectivity index (χ1v) is 9.38. The van der Waals surface area contributed by atoms with E-state index in [0.717, 1.165) is 0 Å². The summed E-state index contributed by atoms with van der Waals surface area (Å²) in [6.45, 7) is 2.22. The van der Waals surface area contributed by atoms with Crippen LogP contribution in [0.5, 0.6) is 5.75 Å². The quantitative estimate of drug-likeness (QED) is 0.484. The molecule has 10 nitrogen and oxygen atoms in total. The number of rotatable bonds is 7. The van der Waals surface area contributed by atoms with Gasteiger partial charge >= 0.3 is 11.3 Å². The molecule has 0 bridgehead atoms. The van der Waals surface area contributed by atoms with Crippen LogP contribution in [0.25, 0.3) is 0 Å². The minimum absolute atomic E-state index is 0.0455. The molecule has 2 aromatic rings. The summed E-state index contributed by atoms with van der Waals surface area (Å²) in [5.74, 6) is 0.0528. The lowest BCUT2D eigenvalue weighted by atomic mass is 10.1. The number of aryl methyl sites for hydroxylation is 1. The van der Waals surface area contributed by atoms with Crippen LogP contribution in [-0.2, 0) is 23.2 Å². The van der Waals surface area contributed by atoms with Gasteiger partial charge in [0.15, 0.2) is 12.2 Å². The molecule has 29 heavy (non-hydrogen) atoms. The lowest BCUT2D eigenvalue weighted by Crippen LogP contribution is -2.44. The number of nitrogens with zero attached hydrogens (tertiary/aromatic N) is 3. The molecular formula is C18H22N5O5S+. The van der Waals surface area contributed by atoms with Crippen LogP contribution in [0.4, 0.5) is 5.69 Å². The van der Waals surface area contributed by atoms with Crippen molar-refractivity contribution in [2.24, 2.45) is 7.05 Å². The minimum atomic E-state index is -0.810. The number of carbonyl (C=O) groups excluding carboxylic acids is 2. The summed E-state index contributed by atoms with van der Waals surface area (Å²) in [5.41, 5.74) is 0.318. The average molecular weight is 420 g/mol. The normalized spacial score (nSPS) is 16.4. The minimum Gasteiger partial charge on any atom is -0.497 e. The third-order valence-corrected chi connectivity index (χ3v) is 5.16. The number of nitrogens with one attached hydrogen (secondary N) is 2. The van der Waals surface area contributed by atoms with Crippen molar-refractivity contribution in [3.8, 4) is 5.75 Å². The molecule has 1 aromatic carbocycles. The Balaban J connectivity index is 1.77. The highest BCUT2D eigenvalue weighted by atomic mass is 32.1. The number of benzene rings is 1. The van der Waals surface area contributed by atoms with Crippen molar-refractivity contribution in [1.82, 2.24) is 15.1 Å². The number of carbonyl (C=O) groups is 2. The van der Waals surface area contributed by atoms with E-state index in [0.29, 0.717) is 23.7 Å². The van der Waals surface area contributed by atoms with Crippen molar-refractivity contribution < 1.29 is 23.5 Å². The highest BCUT2D eigenvalue weighted by molar-refractivity contribution is 7.80. The predicted molar refractivity (Wildman–Crippen MR) is 106 cm³/mol. The van der Waals surface area contributed by atoms with Crippen molar-refractivity contribution in [2.75, 3.05) is 19.0 Å². The number of H-pyrrole nitrogens is 1. The molecule has 1 atom stereocenters. The summed E-state index contributed by atoms with van der Waals surface area (Å²) in [4.78, 5) is 40.3. The maximum absolute atomic E-state index is 12.8. The van der Waals surface area contributed by atoms with Crippen LogP contribution in [0, 0.1) is 0 Å². The zero-order valence-electron chi connectivity index (χ0n) is 16.3. The third kappa shape index (κ3) is 4.14. The molecule has 11 heteroatoms.